The average molecular weight is 404 g/mol. The molecule has 0 saturated carbocycles. The van der Waals surface area contributed by atoms with Gasteiger partial charge < -0.3 is 24.4 Å². The van der Waals surface area contributed by atoms with Crippen molar-refractivity contribution in [3.8, 4) is 0 Å². The summed E-state index contributed by atoms with van der Waals surface area (Å²) in [7, 11) is 0. The minimum atomic E-state index is -1.22. The Labute approximate surface area is 170 Å². The molecule has 2 aliphatic heterocycles. The molecule has 2 aliphatic rings. The molecule has 158 valence electrons. The van der Waals surface area contributed by atoms with Crippen LogP contribution in [0.4, 0.5) is 9.59 Å². The summed E-state index contributed by atoms with van der Waals surface area (Å²) in [4.78, 5) is 40.1. The number of piperidine rings is 2. The maximum atomic E-state index is 12.6. The third-order valence-electron chi connectivity index (χ3n) is 5.19. The number of carbonyl (C=O) groups is 3. The highest BCUT2D eigenvalue weighted by atomic mass is 16.6. The molecule has 0 aliphatic carbocycles. The molecule has 2 bridgehead atoms. The first-order valence-electron chi connectivity index (χ1n) is 9.75. The van der Waals surface area contributed by atoms with Gasteiger partial charge in [-0.1, -0.05) is 30.3 Å². The smallest absolute Gasteiger partial charge is 0.410 e. The van der Waals surface area contributed by atoms with Crippen molar-refractivity contribution < 1.29 is 29.0 Å². The number of rotatable bonds is 3. The van der Waals surface area contributed by atoms with E-state index in [2.05, 4.69) is 0 Å². The van der Waals surface area contributed by atoms with Gasteiger partial charge in [-0.25, -0.2) is 9.59 Å². The largest absolute Gasteiger partial charge is 0.481 e. The van der Waals surface area contributed by atoms with Crippen molar-refractivity contribution in [1.82, 2.24) is 9.80 Å². The number of carbonyl (C=O) groups excluding carboxylic acids is 2. The summed E-state index contributed by atoms with van der Waals surface area (Å²) in [6.45, 7) is 6.16. The molecule has 2 atom stereocenters. The molecular formula is C21H28N2O6. The first kappa shape index (κ1) is 21.0. The summed E-state index contributed by atoms with van der Waals surface area (Å²) in [6.07, 6.45) is -0.632. The van der Waals surface area contributed by atoms with Crippen molar-refractivity contribution in [1.29, 1.82) is 0 Å². The lowest BCUT2D eigenvalue weighted by Crippen LogP contribution is -2.63. The van der Waals surface area contributed by atoms with Gasteiger partial charge in [-0.05, 0) is 38.7 Å². The lowest BCUT2D eigenvalue weighted by Gasteiger charge is -2.50. The molecule has 2 fully saturated rings. The number of hydrogen-bond donors (Lipinski definition) is 1. The molecule has 0 spiro atoms. The fraction of sp³-hybridized carbons (Fsp3) is 0.571. The fourth-order valence-electron chi connectivity index (χ4n) is 4.04. The van der Waals surface area contributed by atoms with Crippen LogP contribution in [0.5, 0.6) is 0 Å². The predicted octanol–water partition coefficient (Wildman–Crippen LogP) is 2.97. The van der Waals surface area contributed by atoms with Gasteiger partial charge in [0, 0.05) is 26.2 Å². The Balaban J connectivity index is 1.68. The van der Waals surface area contributed by atoms with Crippen LogP contribution < -0.4 is 0 Å². The highest BCUT2D eigenvalue weighted by Crippen LogP contribution is 2.39. The van der Waals surface area contributed by atoms with E-state index >= 15 is 0 Å². The van der Waals surface area contributed by atoms with Crippen LogP contribution in [0.1, 0.15) is 32.8 Å². The number of likely N-dealkylation sites (tertiary alicyclic amines) is 2. The molecule has 1 N–H and O–H groups in total. The highest BCUT2D eigenvalue weighted by molar-refractivity contribution is 5.79. The lowest BCUT2D eigenvalue weighted by atomic mass is 9.72. The van der Waals surface area contributed by atoms with Gasteiger partial charge in [0.1, 0.15) is 17.6 Å². The summed E-state index contributed by atoms with van der Waals surface area (Å²) in [5.41, 5.74) is -1.01. The Morgan fingerprint density at radius 2 is 1.66 bits per heavy atom. The summed E-state index contributed by atoms with van der Waals surface area (Å²) >= 11 is 0. The minimum Gasteiger partial charge on any atom is -0.481 e. The van der Waals surface area contributed by atoms with Gasteiger partial charge in [-0.2, -0.15) is 0 Å². The van der Waals surface area contributed by atoms with E-state index in [4.69, 9.17) is 9.47 Å². The second kappa shape index (κ2) is 7.93. The van der Waals surface area contributed by atoms with Gasteiger partial charge in [0.05, 0.1) is 0 Å². The number of carboxylic acid groups (broad SMARTS) is 1. The van der Waals surface area contributed by atoms with Gasteiger partial charge >= 0.3 is 18.2 Å². The molecule has 2 saturated heterocycles. The lowest BCUT2D eigenvalue weighted by molar-refractivity contribution is -0.159. The zero-order valence-corrected chi connectivity index (χ0v) is 17.1. The third kappa shape index (κ3) is 4.99. The van der Waals surface area contributed by atoms with E-state index < -0.39 is 29.2 Å². The summed E-state index contributed by atoms with van der Waals surface area (Å²) in [5.74, 6) is -1.17. The van der Waals surface area contributed by atoms with Crippen molar-refractivity contribution >= 4 is 18.2 Å². The van der Waals surface area contributed by atoms with Gasteiger partial charge in [0.2, 0.25) is 0 Å². The van der Waals surface area contributed by atoms with Crippen molar-refractivity contribution in [3.63, 3.8) is 0 Å². The van der Waals surface area contributed by atoms with Gasteiger partial charge in [-0.15, -0.1) is 0 Å². The Morgan fingerprint density at radius 3 is 2.21 bits per heavy atom. The van der Waals surface area contributed by atoms with Crippen LogP contribution in [-0.2, 0) is 20.9 Å². The average Bonchev–Trinajstić information content (AvgIpc) is 2.64. The number of nitrogens with zero attached hydrogens (tertiary/aromatic N) is 2. The van der Waals surface area contributed by atoms with E-state index in [1.54, 1.807) is 20.8 Å². The van der Waals surface area contributed by atoms with Gasteiger partial charge in [0.25, 0.3) is 0 Å². The minimum absolute atomic E-state index is 0.00571. The molecule has 1 aromatic carbocycles. The molecular weight excluding hydrogens is 376 g/mol. The predicted molar refractivity (Wildman–Crippen MR) is 104 cm³/mol. The van der Waals surface area contributed by atoms with E-state index in [1.165, 1.54) is 9.80 Å². The first-order valence-corrected chi connectivity index (χ1v) is 9.75. The van der Waals surface area contributed by atoms with Crippen LogP contribution in [0, 0.1) is 11.3 Å². The maximum absolute atomic E-state index is 12.6. The highest BCUT2D eigenvalue weighted by Gasteiger charge is 2.53. The van der Waals surface area contributed by atoms with Crippen LogP contribution in [0.15, 0.2) is 30.3 Å². The van der Waals surface area contributed by atoms with Crippen LogP contribution in [-0.4, -0.2) is 64.8 Å². The van der Waals surface area contributed by atoms with E-state index in [9.17, 15) is 19.5 Å². The summed E-state index contributed by atoms with van der Waals surface area (Å²) in [6, 6.07) is 9.31. The standard InChI is InChI=1S/C21H28N2O6/c1-20(2,3)29-19(27)23-11-16-9-21(14-23,17(24)25)13-22(10-16)18(26)28-12-15-7-5-4-6-8-15/h4-8,16H,9-14H2,1-3H3,(H,24,25)/t16-,21?/m1/s1. The number of ether oxygens (including phenoxy) is 2. The SMILES string of the molecule is CC(C)(C)OC(=O)N1C[C@H]2CN(C(=O)OCc3ccccc3)CC(C(=O)O)(C2)C1. The van der Waals surface area contributed by atoms with Crippen molar-refractivity contribution in [2.45, 2.75) is 39.4 Å². The van der Waals surface area contributed by atoms with Crippen LogP contribution in [0.25, 0.3) is 0 Å². The Morgan fingerprint density at radius 1 is 1.07 bits per heavy atom. The van der Waals surface area contributed by atoms with E-state index in [-0.39, 0.29) is 25.6 Å². The molecule has 1 unspecified atom stereocenters. The topological polar surface area (TPSA) is 96.4 Å². The number of aliphatic carboxylic acids is 1. The van der Waals surface area contributed by atoms with Crippen molar-refractivity contribution in [2.75, 3.05) is 26.2 Å². The summed E-state index contributed by atoms with van der Waals surface area (Å²) in [5, 5.41) is 9.92. The second-order valence-electron chi connectivity index (χ2n) is 8.94. The number of amides is 2. The van der Waals surface area contributed by atoms with E-state index in [1.807, 2.05) is 30.3 Å². The number of fused-ring (bicyclic) bond motifs is 2. The second-order valence-corrected chi connectivity index (χ2v) is 8.94. The van der Waals surface area contributed by atoms with Crippen molar-refractivity contribution in [3.05, 3.63) is 35.9 Å². The zero-order valence-electron chi connectivity index (χ0n) is 17.1. The van der Waals surface area contributed by atoms with E-state index in [0.717, 1.165) is 5.56 Å². The summed E-state index contributed by atoms with van der Waals surface area (Å²) < 4.78 is 10.8. The van der Waals surface area contributed by atoms with Crippen molar-refractivity contribution in [2.24, 2.45) is 11.3 Å². The molecule has 2 heterocycles. The molecule has 1 aromatic rings. The maximum Gasteiger partial charge on any atom is 0.410 e. The molecule has 8 heteroatoms. The number of benzene rings is 1. The van der Waals surface area contributed by atoms with E-state index in [0.29, 0.717) is 19.5 Å². The zero-order chi connectivity index (χ0) is 21.2. The normalized spacial score (nSPS) is 24.0. The molecule has 29 heavy (non-hydrogen) atoms. The molecule has 3 rings (SSSR count). The molecule has 8 nitrogen and oxygen atoms in total. The van der Waals surface area contributed by atoms with Crippen LogP contribution >= 0.6 is 0 Å². The quantitative estimate of drug-likeness (QED) is 0.832. The first-order chi connectivity index (χ1) is 13.6. The Bertz CT molecular complexity index is 775. The third-order valence-corrected chi connectivity index (χ3v) is 5.19. The molecule has 0 aromatic heterocycles. The molecule has 0 radical (unpaired) electrons. The van der Waals surface area contributed by atoms with Gasteiger partial charge in [-0.3, -0.25) is 4.79 Å². The number of hydrogen-bond acceptors (Lipinski definition) is 5. The number of carboxylic acids is 1. The van der Waals surface area contributed by atoms with Crippen LogP contribution in [0.2, 0.25) is 0 Å². The Hall–Kier alpha value is -2.77. The molecule has 2 amide bonds. The van der Waals surface area contributed by atoms with Gasteiger partial charge in [0.15, 0.2) is 0 Å². The monoisotopic (exact) mass is 404 g/mol. The van der Waals surface area contributed by atoms with Crippen LogP contribution in [0.3, 0.4) is 0 Å². The Kier molecular flexibility index (Phi) is 5.73. The fourth-order valence-corrected chi connectivity index (χ4v) is 4.04.